The van der Waals surface area contributed by atoms with Crippen LogP contribution in [0.25, 0.3) is 0 Å². The zero-order valence-electron chi connectivity index (χ0n) is 12.2. The third kappa shape index (κ3) is 2.88. The average molecular weight is 275 g/mol. The lowest BCUT2D eigenvalue weighted by atomic mass is 10.1. The van der Waals surface area contributed by atoms with Gasteiger partial charge in [-0.25, -0.2) is 0 Å². The fourth-order valence-corrected chi connectivity index (χ4v) is 2.53. The number of imide groups is 1. The van der Waals surface area contributed by atoms with E-state index in [0.717, 1.165) is 17.7 Å². The largest absolute Gasteiger partial charge is 0.300 e. The first-order valence-corrected chi connectivity index (χ1v) is 7.06. The van der Waals surface area contributed by atoms with Crippen LogP contribution in [0.1, 0.15) is 38.4 Å². The van der Waals surface area contributed by atoms with Crippen LogP contribution >= 0.6 is 0 Å². The highest BCUT2D eigenvalue weighted by molar-refractivity contribution is 6.05. The molecule has 1 aliphatic rings. The van der Waals surface area contributed by atoms with Gasteiger partial charge in [0.2, 0.25) is 11.8 Å². The van der Waals surface area contributed by atoms with Crippen LogP contribution in [0.3, 0.4) is 0 Å². The standard InChI is InChI=1S/C15H21N3O2/c1-4-11-6-5-7-16-13(11)9-17-12-8-14(19)18(10(2)3)15(12)20/h5-7,10,12,17H,4,8-9H2,1-3H3. The number of rotatable bonds is 5. The minimum atomic E-state index is -0.420. The van der Waals surface area contributed by atoms with Crippen molar-refractivity contribution < 1.29 is 9.59 Å². The SMILES string of the molecule is CCc1cccnc1CNC1CC(=O)N(C(C)C)C1=O. The molecule has 1 aromatic heterocycles. The Morgan fingerprint density at radius 2 is 2.20 bits per heavy atom. The molecule has 0 bridgehead atoms. The summed E-state index contributed by atoms with van der Waals surface area (Å²) in [7, 11) is 0. The molecule has 0 aliphatic carbocycles. The Balaban J connectivity index is 2.02. The van der Waals surface area contributed by atoms with Gasteiger partial charge in [-0.05, 0) is 31.9 Å². The van der Waals surface area contributed by atoms with E-state index < -0.39 is 6.04 Å². The van der Waals surface area contributed by atoms with E-state index in [1.807, 2.05) is 26.0 Å². The summed E-state index contributed by atoms with van der Waals surface area (Å²) in [5, 5.41) is 3.16. The van der Waals surface area contributed by atoms with Crippen molar-refractivity contribution in [2.75, 3.05) is 0 Å². The monoisotopic (exact) mass is 275 g/mol. The molecule has 1 atom stereocenters. The quantitative estimate of drug-likeness (QED) is 0.822. The normalized spacial score (nSPS) is 19.2. The molecule has 1 fully saturated rings. The lowest BCUT2D eigenvalue weighted by molar-refractivity contribution is -0.140. The third-order valence-corrected chi connectivity index (χ3v) is 3.58. The van der Waals surface area contributed by atoms with Crippen molar-refractivity contribution >= 4 is 11.8 Å². The Morgan fingerprint density at radius 1 is 1.45 bits per heavy atom. The van der Waals surface area contributed by atoms with E-state index >= 15 is 0 Å². The number of hydrogen-bond donors (Lipinski definition) is 1. The van der Waals surface area contributed by atoms with Crippen LogP contribution in [0.2, 0.25) is 0 Å². The van der Waals surface area contributed by atoms with Gasteiger partial charge >= 0.3 is 0 Å². The number of pyridine rings is 1. The van der Waals surface area contributed by atoms with Crippen LogP contribution in [0.4, 0.5) is 0 Å². The summed E-state index contributed by atoms with van der Waals surface area (Å²) in [6, 6.07) is 3.44. The molecular formula is C15H21N3O2. The molecular weight excluding hydrogens is 254 g/mol. The van der Waals surface area contributed by atoms with Crippen LogP contribution in [0.5, 0.6) is 0 Å². The molecule has 2 amide bonds. The average Bonchev–Trinajstić information content (AvgIpc) is 2.71. The van der Waals surface area contributed by atoms with Gasteiger partial charge in [-0.3, -0.25) is 24.8 Å². The van der Waals surface area contributed by atoms with Crippen molar-refractivity contribution in [3.63, 3.8) is 0 Å². The molecule has 2 heterocycles. The molecule has 108 valence electrons. The summed E-state index contributed by atoms with van der Waals surface area (Å²) in [4.78, 5) is 29.7. The Morgan fingerprint density at radius 3 is 2.80 bits per heavy atom. The zero-order chi connectivity index (χ0) is 14.7. The number of carbonyl (C=O) groups excluding carboxylic acids is 2. The van der Waals surface area contributed by atoms with E-state index in [-0.39, 0.29) is 24.3 Å². The topological polar surface area (TPSA) is 62.3 Å². The van der Waals surface area contributed by atoms with Gasteiger partial charge in [-0.2, -0.15) is 0 Å². The van der Waals surface area contributed by atoms with Gasteiger partial charge in [0.15, 0.2) is 0 Å². The second-order valence-electron chi connectivity index (χ2n) is 5.30. The Hall–Kier alpha value is -1.75. The highest BCUT2D eigenvalue weighted by atomic mass is 16.2. The summed E-state index contributed by atoms with van der Waals surface area (Å²) < 4.78 is 0. The summed E-state index contributed by atoms with van der Waals surface area (Å²) in [6.07, 6.45) is 2.89. The first kappa shape index (κ1) is 14.7. The molecule has 0 aromatic carbocycles. The molecule has 0 saturated carbocycles. The summed E-state index contributed by atoms with van der Waals surface area (Å²) >= 11 is 0. The van der Waals surface area contributed by atoms with E-state index in [9.17, 15) is 9.59 Å². The van der Waals surface area contributed by atoms with E-state index in [0.29, 0.717) is 6.54 Å². The highest BCUT2D eigenvalue weighted by Gasteiger charge is 2.39. The third-order valence-electron chi connectivity index (χ3n) is 3.58. The van der Waals surface area contributed by atoms with Crippen molar-refractivity contribution in [1.82, 2.24) is 15.2 Å². The number of aryl methyl sites for hydroxylation is 1. The Kier molecular flexibility index (Phi) is 4.49. The van der Waals surface area contributed by atoms with Crippen molar-refractivity contribution in [3.05, 3.63) is 29.6 Å². The van der Waals surface area contributed by atoms with Gasteiger partial charge in [0, 0.05) is 18.8 Å². The molecule has 0 spiro atoms. The van der Waals surface area contributed by atoms with Gasteiger partial charge in [0.25, 0.3) is 0 Å². The number of amides is 2. The van der Waals surface area contributed by atoms with Crippen molar-refractivity contribution in [2.45, 2.75) is 52.2 Å². The van der Waals surface area contributed by atoms with E-state index in [1.165, 1.54) is 4.90 Å². The van der Waals surface area contributed by atoms with E-state index in [4.69, 9.17) is 0 Å². The lowest BCUT2D eigenvalue weighted by Crippen LogP contribution is -2.41. The number of hydrogen-bond acceptors (Lipinski definition) is 4. The minimum Gasteiger partial charge on any atom is -0.300 e. The second-order valence-corrected chi connectivity index (χ2v) is 5.30. The molecule has 1 saturated heterocycles. The van der Waals surface area contributed by atoms with Gasteiger partial charge in [-0.15, -0.1) is 0 Å². The highest BCUT2D eigenvalue weighted by Crippen LogP contribution is 2.17. The molecule has 1 N–H and O–H groups in total. The summed E-state index contributed by atoms with van der Waals surface area (Å²) in [5.41, 5.74) is 2.11. The number of likely N-dealkylation sites (tertiary alicyclic amines) is 1. The second kappa shape index (κ2) is 6.13. The molecule has 2 rings (SSSR count). The fraction of sp³-hybridized carbons (Fsp3) is 0.533. The zero-order valence-corrected chi connectivity index (χ0v) is 12.2. The van der Waals surface area contributed by atoms with Crippen LogP contribution in [0.15, 0.2) is 18.3 Å². The number of carbonyl (C=O) groups is 2. The summed E-state index contributed by atoms with van der Waals surface area (Å²) in [5.74, 6) is -0.224. The molecule has 1 unspecified atom stereocenters. The molecule has 5 heteroatoms. The Labute approximate surface area is 119 Å². The van der Waals surface area contributed by atoms with E-state index in [1.54, 1.807) is 6.20 Å². The van der Waals surface area contributed by atoms with Gasteiger partial charge < -0.3 is 0 Å². The lowest BCUT2D eigenvalue weighted by Gasteiger charge is -2.19. The van der Waals surface area contributed by atoms with Crippen LogP contribution in [-0.2, 0) is 22.6 Å². The van der Waals surface area contributed by atoms with Crippen LogP contribution in [-0.4, -0.2) is 33.8 Å². The van der Waals surface area contributed by atoms with Gasteiger partial charge in [0.1, 0.15) is 0 Å². The number of nitrogens with one attached hydrogen (secondary N) is 1. The minimum absolute atomic E-state index is 0.0807. The number of aromatic nitrogens is 1. The summed E-state index contributed by atoms with van der Waals surface area (Å²) in [6.45, 7) is 6.29. The van der Waals surface area contributed by atoms with Gasteiger partial charge in [0.05, 0.1) is 18.2 Å². The smallest absolute Gasteiger partial charge is 0.247 e. The molecule has 20 heavy (non-hydrogen) atoms. The van der Waals surface area contributed by atoms with Crippen molar-refractivity contribution in [3.8, 4) is 0 Å². The number of nitrogens with zero attached hydrogens (tertiary/aromatic N) is 2. The molecule has 1 aliphatic heterocycles. The first-order valence-electron chi connectivity index (χ1n) is 7.06. The fourth-order valence-electron chi connectivity index (χ4n) is 2.53. The maximum absolute atomic E-state index is 12.2. The van der Waals surface area contributed by atoms with E-state index in [2.05, 4.69) is 17.2 Å². The maximum Gasteiger partial charge on any atom is 0.247 e. The van der Waals surface area contributed by atoms with Crippen molar-refractivity contribution in [2.24, 2.45) is 0 Å². The van der Waals surface area contributed by atoms with Crippen molar-refractivity contribution in [1.29, 1.82) is 0 Å². The molecule has 5 nitrogen and oxygen atoms in total. The van der Waals surface area contributed by atoms with Crippen LogP contribution < -0.4 is 5.32 Å². The molecule has 0 radical (unpaired) electrons. The predicted octanol–water partition coefficient (Wildman–Crippen LogP) is 1.27. The predicted molar refractivity (Wildman–Crippen MR) is 75.8 cm³/mol. The Bertz CT molecular complexity index is 514. The van der Waals surface area contributed by atoms with Gasteiger partial charge in [-0.1, -0.05) is 13.0 Å². The maximum atomic E-state index is 12.2. The van der Waals surface area contributed by atoms with Crippen LogP contribution in [0, 0.1) is 0 Å². The molecule has 1 aromatic rings. The first-order chi connectivity index (χ1) is 9.54.